The minimum Gasteiger partial charge on any atom is -0.422 e. The Morgan fingerprint density at radius 3 is 2.74 bits per heavy atom. The number of anilines is 1. The van der Waals surface area contributed by atoms with E-state index in [1.54, 1.807) is 6.07 Å². The van der Waals surface area contributed by atoms with Gasteiger partial charge in [0, 0.05) is 37.9 Å². The number of nitrogens with zero attached hydrogens (tertiary/aromatic N) is 2. The molecule has 7 heteroatoms. The predicted molar refractivity (Wildman–Crippen MR) is 103 cm³/mol. The van der Waals surface area contributed by atoms with E-state index in [4.69, 9.17) is 4.42 Å². The first-order valence-electron chi connectivity index (χ1n) is 8.87. The molecule has 1 aliphatic heterocycles. The topological polar surface area (TPSA) is 74.2 Å². The number of hydrogen-bond donors (Lipinski definition) is 2. The van der Waals surface area contributed by atoms with Gasteiger partial charge in [-0.2, -0.15) is 0 Å². The molecule has 0 unspecified atom stereocenters. The molecule has 6 nitrogen and oxygen atoms in total. The molecule has 2 N–H and O–H groups in total. The third kappa shape index (κ3) is 2.76. The van der Waals surface area contributed by atoms with Crippen molar-refractivity contribution in [1.82, 2.24) is 15.3 Å². The summed E-state index contributed by atoms with van der Waals surface area (Å²) in [5, 5.41) is 3.53. The van der Waals surface area contributed by atoms with Crippen LogP contribution in [0.4, 0.5) is 10.1 Å². The fraction of sp³-hybridized carbons (Fsp3) is 0.200. The van der Waals surface area contributed by atoms with Crippen LogP contribution in [0, 0.1) is 5.82 Å². The second-order valence-corrected chi connectivity index (χ2v) is 6.63. The summed E-state index contributed by atoms with van der Waals surface area (Å²) in [6, 6.07) is 12.2. The molecule has 0 atom stereocenters. The molecule has 1 saturated heterocycles. The van der Waals surface area contributed by atoms with Crippen LogP contribution < -0.4 is 15.8 Å². The van der Waals surface area contributed by atoms with E-state index in [1.807, 2.05) is 24.3 Å². The number of nitrogens with one attached hydrogen (secondary N) is 2. The molecule has 2 aromatic carbocycles. The van der Waals surface area contributed by atoms with Crippen molar-refractivity contribution >= 4 is 27.7 Å². The van der Waals surface area contributed by atoms with Gasteiger partial charge in [0.25, 0.3) is 0 Å². The summed E-state index contributed by atoms with van der Waals surface area (Å²) in [4.78, 5) is 22.1. The molecule has 0 bridgehead atoms. The molecule has 0 amide bonds. The average Bonchev–Trinajstić information content (AvgIpc) is 3.12. The molecule has 3 heterocycles. The van der Waals surface area contributed by atoms with Crippen molar-refractivity contribution in [3.8, 4) is 11.4 Å². The monoisotopic (exact) mass is 364 g/mol. The van der Waals surface area contributed by atoms with E-state index in [0.29, 0.717) is 5.82 Å². The fourth-order valence-corrected chi connectivity index (χ4v) is 3.51. The summed E-state index contributed by atoms with van der Waals surface area (Å²) in [6.45, 7) is 3.25. The van der Waals surface area contributed by atoms with Gasteiger partial charge < -0.3 is 19.6 Å². The van der Waals surface area contributed by atoms with Gasteiger partial charge in [0.1, 0.15) is 22.8 Å². The summed E-state index contributed by atoms with van der Waals surface area (Å²) in [5.74, 6) is -0.0421. The van der Waals surface area contributed by atoms with Crippen molar-refractivity contribution in [3.63, 3.8) is 0 Å². The maximum Gasteiger partial charge on any atom is 0.347 e. The second kappa shape index (κ2) is 6.21. The molecule has 27 heavy (non-hydrogen) atoms. The molecule has 0 saturated carbocycles. The number of H-pyrrole nitrogens is 1. The Labute approximate surface area is 153 Å². The van der Waals surface area contributed by atoms with Gasteiger partial charge in [-0.05, 0) is 24.3 Å². The van der Waals surface area contributed by atoms with Crippen LogP contribution in [0.5, 0.6) is 0 Å². The third-order valence-corrected chi connectivity index (χ3v) is 4.91. The normalized spacial score (nSPS) is 14.9. The average molecular weight is 364 g/mol. The summed E-state index contributed by atoms with van der Waals surface area (Å²) in [5.41, 5.74) is 2.18. The van der Waals surface area contributed by atoms with E-state index < -0.39 is 11.4 Å². The van der Waals surface area contributed by atoms with E-state index in [2.05, 4.69) is 20.2 Å². The zero-order valence-electron chi connectivity index (χ0n) is 14.5. The number of halogens is 1. The number of piperazine rings is 1. The number of fused-ring (bicyclic) bond motifs is 2. The zero-order chi connectivity index (χ0) is 18.4. The molecule has 1 aliphatic rings. The number of aromatic amines is 1. The maximum absolute atomic E-state index is 14.8. The van der Waals surface area contributed by atoms with Crippen molar-refractivity contribution in [2.75, 3.05) is 31.1 Å². The minimum absolute atomic E-state index is 0.215. The Morgan fingerprint density at radius 2 is 1.93 bits per heavy atom. The summed E-state index contributed by atoms with van der Waals surface area (Å²) < 4.78 is 20.3. The Balaban J connectivity index is 1.64. The standard InChI is InChI=1S/C20H17FN4O2/c21-15-9-12(25-7-5-22-6-8-25)10-18-13(15)11-14(20(26)27-18)19-23-16-3-1-2-4-17(16)24-19/h1-4,9-11,22H,5-8H2,(H,23,24). The van der Waals surface area contributed by atoms with Crippen LogP contribution in [-0.2, 0) is 0 Å². The van der Waals surface area contributed by atoms with Gasteiger partial charge >= 0.3 is 5.63 Å². The maximum atomic E-state index is 14.8. The Hall–Kier alpha value is -3.19. The highest BCUT2D eigenvalue weighted by atomic mass is 19.1. The number of aromatic nitrogens is 2. The molecule has 2 aromatic heterocycles. The van der Waals surface area contributed by atoms with Crippen LogP contribution in [0.1, 0.15) is 0 Å². The number of para-hydroxylation sites is 2. The van der Waals surface area contributed by atoms with Crippen molar-refractivity contribution in [2.24, 2.45) is 0 Å². The van der Waals surface area contributed by atoms with Gasteiger partial charge in [0.05, 0.1) is 16.4 Å². The molecule has 1 fully saturated rings. The second-order valence-electron chi connectivity index (χ2n) is 6.63. The Kier molecular flexibility index (Phi) is 3.68. The first-order chi connectivity index (χ1) is 13.2. The number of hydrogen-bond acceptors (Lipinski definition) is 5. The van der Waals surface area contributed by atoms with Crippen LogP contribution >= 0.6 is 0 Å². The van der Waals surface area contributed by atoms with E-state index in [0.717, 1.165) is 42.9 Å². The van der Waals surface area contributed by atoms with E-state index >= 15 is 0 Å². The van der Waals surface area contributed by atoms with Gasteiger partial charge in [0.15, 0.2) is 0 Å². The minimum atomic E-state index is -0.543. The molecule has 0 spiro atoms. The molecular weight excluding hydrogens is 347 g/mol. The molecule has 0 aliphatic carbocycles. The van der Waals surface area contributed by atoms with Crippen LogP contribution in [-0.4, -0.2) is 36.1 Å². The SMILES string of the molecule is O=c1oc2cc(N3CCNCC3)cc(F)c2cc1-c1nc2ccccc2[nH]1. The molecular formula is C20H17FN4O2. The quantitative estimate of drug-likeness (QED) is 0.535. The van der Waals surface area contributed by atoms with Crippen molar-refractivity contribution in [3.05, 3.63) is 58.7 Å². The van der Waals surface area contributed by atoms with Gasteiger partial charge in [-0.1, -0.05) is 12.1 Å². The highest BCUT2D eigenvalue weighted by molar-refractivity contribution is 5.86. The fourth-order valence-electron chi connectivity index (χ4n) is 3.51. The van der Waals surface area contributed by atoms with Crippen LogP contribution in [0.25, 0.3) is 33.4 Å². The predicted octanol–water partition coefficient (Wildman–Crippen LogP) is 2.89. The first-order valence-corrected chi connectivity index (χ1v) is 8.87. The van der Waals surface area contributed by atoms with Crippen molar-refractivity contribution in [1.29, 1.82) is 0 Å². The summed E-state index contributed by atoms with van der Waals surface area (Å²) in [7, 11) is 0. The van der Waals surface area contributed by atoms with Crippen molar-refractivity contribution in [2.45, 2.75) is 0 Å². The van der Waals surface area contributed by atoms with Crippen LogP contribution in [0.2, 0.25) is 0 Å². The van der Waals surface area contributed by atoms with Gasteiger partial charge in [0.2, 0.25) is 0 Å². The molecule has 5 rings (SSSR count). The zero-order valence-corrected chi connectivity index (χ0v) is 14.5. The Bertz CT molecular complexity index is 1170. The summed E-state index contributed by atoms with van der Waals surface area (Å²) >= 11 is 0. The van der Waals surface area contributed by atoms with Crippen LogP contribution in [0.15, 0.2) is 51.7 Å². The van der Waals surface area contributed by atoms with Gasteiger partial charge in [-0.3, -0.25) is 0 Å². The number of imidazole rings is 1. The van der Waals surface area contributed by atoms with Crippen LogP contribution in [0.3, 0.4) is 0 Å². The largest absolute Gasteiger partial charge is 0.422 e. The highest BCUT2D eigenvalue weighted by Crippen LogP contribution is 2.28. The molecule has 4 aromatic rings. The Morgan fingerprint density at radius 1 is 1.11 bits per heavy atom. The number of rotatable bonds is 2. The molecule has 136 valence electrons. The van der Waals surface area contributed by atoms with Gasteiger partial charge in [-0.15, -0.1) is 0 Å². The van der Waals surface area contributed by atoms with E-state index in [9.17, 15) is 9.18 Å². The first kappa shape index (κ1) is 16.0. The lowest BCUT2D eigenvalue weighted by Gasteiger charge is -2.29. The third-order valence-electron chi connectivity index (χ3n) is 4.91. The molecule has 0 radical (unpaired) electrons. The highest BCUT2D eigenvalue weighted by Gasteiger charge is 2.17. The lowest BCUT2D eigenvalue weighted by atomic mass is 10.1. The lowest BCUT2D eigenvalue weighted by molar-refractivity contribution is 0.555. The van der Waals surface area contributed by atoms with Gasteiger partial charge in [-0.25, -0.2) is 14.2 Å². The van der Waals surface area contributed by atoms with Crippen molar-refractivity contribution < 1.29 is 8.81 Å². The smallest absolute Gasteiger partial charge is 0.347 e. The van der Waals surface area contributed by atoms with E-state index in [-0.39, 0.29) is 16.5 Å². The lowest BCUT2D eigenvalue weighted by Crippen LogP contribution is -2.43. The summed E-state index contributed by atoms with van der Waals surface area (Å²) in [6.07, 6.45) is 0. The number of benzene rings is 2. The van der Waals surface area contributed by atoms with E-state index in [1.165, 1.54) is 12.1 Å².